The van der Waals surface area contributed by atoms with Crippen molar-refractivity contribution in [3.05, 3.63) is 0 Å². The van der Waals surface area contributed by atoms with E-state index in [4.69, 9.17) is 37.0 Å². The molecule has 612 valence electrons. The fourth-order valence-electron chi connectivity index (χ4n) is 13.2. The standard InChI is InChI=1S/C84H164O17P2/c1-5-9-13-17-21-25-28-31-34-37-39-40-42-45-48-51-55-59-63-67-71-84(89)101-80(75-95-82(87)69-65-61-57-53-49-46-44-41-38-35-32-29-26-22-18-14-10-6-2)77-99-103(92,93)97-73-78(85)72-96-102(90,91)98-76-79(74-94-81(86)68-64-60-56-52-24-20-16-12-8-4)100-83(88)70-66-62-58-54-50-47-43-36-33-30-27-23-19-15-11-7-3/h78-80,85H,5-77H2,1-4H3,(H,90,91)(H,92,93)/t78-,79+,80+/m0/s1. The number of phosphoric acid groups is 2. The van der Waals surface area contributed by atoms with E-state index in [0.29, 0.717) is 25.7 Å². The molecule has 0 bridgehead atoms. The van der Waals surface area contributed by atoms with Gasteiger partial charge in [-0.25, -0.2) is 9.13 Å². The first-order valence-electron chi connectivity index (χ1n) is 43.8. The van der Waals surface area contributed by atoms with Crippen molar-refractivity contribution in [3.8, 4) is 0 Å². The van der Waals surface area contributed by atoms with Gasteiger partial charge < -0.3 is 33.8 Å². The second-order valence-electron chi connectivity index (χ2n) is 30.2. The monoisotopic (exact) mass is 1510 g/mol. The van der Waals surface area contributed by atoms with Crippen molar-refractivity contribution >= 4 is 39.5 Å². The van der Waals surface area contributed by atoms with E-state index in [1.165, 1.54) is 289 Å². The molecule has 0 aromatic rings. The highest BCUT2D eigenvalue weighted by Gasteiger charge is 2.30. The van der Waals surface area contributed by atoms with Crippen LogP contribution in [0.4, 0.5) is 0 Å². The molecule has 0 aromatic carbocycles. The van der Waals surface area contributed by atoms with Crippen LogP contribution in [0.3, 0.4) is 0 Å². The molecule has 0 saturated heterocycles. The van der Waals surface area contributed by atoms with E-state index >= 15 is 0 Å². The molecule has 0 radical (unpaired) electrons. The summed E-state index contributed by atoms with van der Waals surface area (Å²) in [5, 5.41) is 10.7. The zero-order chi connectivity index (χ0) is 75.3. The average molecular weight is 1510 g/mol. The number of carbonyl (C=O) groups is 4. The Bertz CT molecular complexity index is 1950. The second kappa shape index (κ2) is 78.2. The minimum atomic E-state index is -4.96. The van der Waals surface area contributed by atoms with Crippen LogP contribution >= 0.6 is 15.6 Å². The fraction of sp³-hybridized carbons (Fsp3) is 0.952. The summed E-state index contributed by atoms with van der Waals surface area (Å²) in [4.78, 5) is 73.1. The minimum Gasteiger partial charge on any atom is -0.462 e. The lowest BCUT2D eigenvalue weighted by Gasteiger charge is -2.21. The van der Waals surface area contributed by atoms with E-state index in [1.54, 1.807) is 0 Å². The van der Waals surface area contributed by atoms with Crippen LogP contribution in [0.5, 0.6) is 0 Å². The maximum Gasteiger partial charge on any atom is 0.472 e. The molecule has 0 fully saturated rings. The van der Waals surface area contributed by atoms with Gasteiger partial charge in [0.25, 0.3) is 0 Å². The lowest BCUT2D eigenvalue weighted by molar-refractivity contribution is -0.161. The number of esters is 4. The molecule has 5 atom stereocenters. The van der Waals surface area contributed by atoms with E-state index in [2.05, 4.69) is 27.7 Å². The number of carbonyl (C=O) groups excluding carboxylic acids is 4. The van der Waals surface area contributed by atoms with Crippen molar-refractivity contribution in [3.63, 3.8) is 0 Å². The maximum atomic E-state index is 13.1. The summed E-state index contributed by atoms with van der Waals surface area (Å²) in [5.41, 5.74) is 0. The van der Waals surface area contributed by atoms with Gasteiger partial charge in [0.05, 0.1) is 26.4 Å². The molecule has 19 heteroatoms. The van der Waals surface area contributed by atoms with E-state index < -0.39 is 97.5 Å². The molecule has 0 spiro atoms. The summed E-state index contributed by atoms with van der Waals surface area (Å²) in [7, 11) is -9.92. The fourth-order valence-corrected chi connectivity index (χ4v) is 14.7. The van der Waals surface area contributed by atoms with Gasteiger partial charge in [0.1, 0.15) is 19.3 Å². The van der Waals surface area contributed by atoms with Crippen molar-refractivity contribution in [1.82, 2.24) is 0 Å². The molecule has 0 rings (SSSR count). The molecule has 0 amide bonds. The summed E-state index contributed by atoms with van der Waals surface area (Å²) in [6, 6.07) is 0. The Kier molecular flexibility index (Phi) is 76.7. The number of phosphoric ester groups is 2. The van der Waals surface area contributed by atoms with Crippen LogP contribution in [0.25, 0.3) is 0 Å². The van der Waals surface area contributed by atoms with Crippen molar-refractivity contribution in [1.29, 1.82) is 0 Å². The molecule has 17 nitrogen and oxygen atoms in total. The van der Waals surface area contributed by atoms with Gasteiger partial charge in [-0.15, -0.1) is 0 Å². The maximum absolute atomic E-state index is 13.1. The predicted molar refractivity (Wildman–Crippen MR) is 423 cm³/mol. The van der Waals surface area contributed by atoms with Crippen LogP contribution in [-0.2, 0) is 65.4 Å². The zero-order valence-electron chi connectivity index (χ0n) is 67.3. The first-order chi connectivity index (χ1) is 50.2. The third-order valence-electron chi connectivity index (χ3n) is 19.9. The number of rotatable bonds is 85. The highest BCUT2D eigenvalue weighted by molar-refractivity contribution is 7.47. The van der Waals surface area contributed by atoms with Gasteiger partial charge in [0.2, 0.25) is 0 Å². The van der Waals surface area contributed by atoms with E-state index in [9.17, 15) is 43.2 Å². The van der Waals surface area contributed by atoms with Crippen LogP contribution in [0.1, 0.15) is 458 Å². The first-order valence-corrected chi connectivity index (χ1v) is 46.8. The number of hydrogen-bond donors (Lipinski definition) is 3. The van der Waals surface area contributed by atoms with E-state index in [0.717, 1.165) is 89.9 Å². The van der Waals surface area contributed by atoms with Crippen LogP contribution in [-0.4, -0.2) is 96.7 Å². The van der Waals surface area contributed by atoms with E-state index in [1.807, 2.05) is 0 Å². The number of ether oxygens (including phenoxy) is 4. The molecular weight excluding hydrogens is 1340 g/mol. The van der Waals surface area contributed by atoms with Crippen molar-refractivity contribution < 1.29 is 80.2 Å². The van der Waals surface area contributed by atoms with Gasteiger partial charge in [-0.2, -0.15) is 0 Å². The minimum absolute atomic E-state index is 0.109. The number of aliphatic hydroxyl groups is 1. The van der Waals surface area contributed by atoms with Gasteiger partial charge >= 0.3 is 39.5 Å². The molecule has 0 aliphatic carbocycles. The van der Waals surface area contributed by atoms with Crippen molar-refractivity contribution in [2.24, 2.45) is 0 Å². The normalized spacial score (nSPS) is 13.7. The van der Waals surface area contributed by atoms with Crippen LogP contribution in [0.15, 0.2) is 0 Å². The van der Waals surface area contributed by atoms with E-state index in [-0.39, 0.29) is 25.7 Å². The van der Waals surface area contributed by atoms with Crippen molar-refractivity contribution in [2.75, 3.05) is 39.6 Å². The third kappa shape index (κ3) is 78.0. The summed E-state index contributed by atoms with van der Waals surface area (Å²) in [5.74, 6) is -2.10. The quantitative estimate of drug-likeness (QED) is 0.0222. The molecule has 2 unspecified atom stereocenters. The Hall–Kier alpha value is -1.94. The topological polar surface area (TPSA) is 237 Å². The van der Waals surface area contributed by atoms with Gasteiger partial charge in [-0.3, -0.25) is 37.3 Å². The van der Waals surface area contributed by atoms with Crippen molar-refractivity contribution in [2.45, 2.75) is 476 Å². The third-order valence-corrected chi connectivity index (χ3v) is 21.8. The molecule has 0 aliphatic heterocycles. The second-order valence-corrected chi connectivity index (χ2v) is 33.1. The van der Waals surface area contributed by atoms with Crippen LogP contribution in [0.2, 0.25) is 0 Å². The van der Waals surface area contributed by atoms with Gasteiger partial charge in [0, 0.05) is 25.7 Å². The molecular formula is C84H164O17P2. The largest absolute Gasteiger partial charge is 0.472 e. The average Bonchev–Trinajstić information content (AvgIpc) is 0.929. The first kappa shape index (κ1) is 101. The number of aliphatic hydroxyl groups excluding tert-OH is 1. The number of unbranched alkanes of at least 4 members (excludes halogenated alkanes) is 59. The smallest absolute Gasteiger partial charge is 0.462 e. The number of hydrogen-bond acceptors (Lipinski definition) is 15. The Balaban J connectivity index is 5.21. The molecule has 0 aromatic heterocycles. The summed E-state index contributed by atoms with van der Waals surface area (Å²) < 4.78 is 68.8. The molecule has 103 heavy (non-hydrogen) atoms. The Morgan fingerprint density at radius 3 is 0.573 bits per heavy atom. The lowest BCUT2D eigenvalue weighted by Crippen LogP contribution is -2.30. The summed E-state index contributed by atoms with van der Waals surface area (Å²) >= 11 is 0. The van der Waals surface area contributed by atoms with Gasteiger partial charge in [-0.1, -0.05) is 407 Å². The highest BCUT2D eigenvalue weighted by Crippen LogP contribution is 2.45. The Morgan fingerprint density at radius 2 is 0.388 bits per heavy atom. The lowest BCUT2D eigenvalue weighted by atomic mass is 10.0. The molecule has 3 N–H and O–H groups in total. The van der Waals surface area contributed by atoms with Gasteiger partial charge in [-0.05, 0) is 25.7 Å². The summed E-state index contributed by atoms with van der Waals surface area (Å²) in [6.45, 7) is 5.03. The zero-order valence-corrected chi connectivity index (χ0v) is 69.1. The highest BCUT2D eigenvalue weighted by atomic mass is 31.2. The van der Waals surface area contributed by atoms with Crippen LogP contribution < -0.4 is 0 Å². The Labute approximate surface area is 632 Å². The van der Waals surface area contributed by atoms with Crippen LogP contribution in [0, 0.1) is 0 Å². The Morgan fingerprint density at radius 1 is 0.233 bits per heavy atom. The molecule has 0 aliphatic rings. The van der Waals surface area contributed by atoms with Gasteiger partial charge in [0.15, 0.2) is 12.2 Å². The predicted octanol–water partition coefficient (Wildman–Crippen LogP) is 25.7. The molecule has 0 saturated carbocycles. The summed E-state index contributed by atoms with van der Waals surface area (Å²) in [6.07, 6.45) is 72.2. The molecule has 0 heterocycles. The SMILES string of the molecule is CCCCCCCCCCCCCCCCCCCCCCC(=O)O[C@H](COC(=O)CCCCCCCCCCCCCCCCCCCC)COP(=O)(O)OC[C@@H](O)COP(=O)(O)OC[C@@H](COC(=O)CCCCCCCCCCC)OC(=O)CCCCCCCCCCCCCCCCCC.